The minimum absolute atomic E-state index is 0.0420. The summed E-state index contributed by atoms with van der Waals surface area (Å²) in [5.74, 6) is 1.40. The molecule has 2 fully saturated rings. The molecule has 0 unspecified atom stereocenters. The first-order chi connectivity index (χ1) is 13.1. The van der Waals surface area contributed by atoms with Crippen LogP contribution in [-0.4, -0.2) is 58.4 Å². The lowest BCUT2D eigenvalue weighted by atomic mass is 9.99. The monoisotopic (exact) mass is 377 g/mol. The van der Waals surface area contributed by atoms with Crippen LogP contribution in [0.1, 0.15) is 39.0 Å². The molecule has 27 heavy (non-hydrogen) atoms. The molecule has 1 atom stereocenters. The first-order valence-electron chi connectivity index (χ1n) is 10.3. The van der Waals surface area contributed by atoms with Crippen molar-refractivity contribution in [1.82, 2.24) is 0 Å². The molecule has 3 rings (SSSR count). The van der Waals surface area contributed by atoms with Crippen LogP contribution in [0.2, 0.25) is 0 Å². The standard InChI is InChI=1S/C21H33N3O3/c1-16(21(25)22-19-15-18(26-2)7-8-20(19)27-3)23-13-9-17(10-14-23)24-11-5-4-6-12-24/h7-8,15-17H,4-6,9-14H2,1-3H3,(H,22,25)/p+2/t16-/m0/s1. The van der Waals surface area contributed by atoms with E-state index in [1.807, 2.05) is 25.1 Å². The van der Waals surface area contributed by atoms with Gasteiger partial charge in [0.2, 0.25) is 0 Å². The fourth-order valence-corrected chi connectivity index (χ4v) is 4.58. The maximum absolute atomic E-state index is 12.8. The summed E-state index contributed by atoms with van der Waals surface area (Å²) in [7, 11) is 3.23. The lowest BCUT2D eigenvalue weighted by Crippen LogP contribution is -3.22. The zero-order chi connectivity index (χ0) is 19.2. The predicted octanol–water partition coefficient (Wildman–Crippen LogP) is 0.147. The van der Waals surface area contributed by atoms with Crippen molar-refractivity contribution >= 4 is 11.6 Å². The Hall–Kier alpha value is -1.79. The van der Waals surface area contributed by atoms with E-state index in [4.69, 9.17) is 9.47 Å². The van der Waals surface area contributed by atoms with E-state index >= 15 is 0 Å². The van der Waals surface area contributed by atoms with Crippen LogP contribution < -0.4 is 24.6 Å². The topological polar surface area (TPSA) is 56.4 Å². The Morgan fingerprint density at radius 1 is 1.07 bits per heavy atom. The number of rotatable bonds is 6. The summed E-state index contributed by atoms with van der Waals surface area (Å²) in [4.78, 5) is 16.0. The molecule has 1 amide bonds. The molecule has 6 heteroatoms. The Labute approximate surface area is 162 Å². The zero-order valence-electron chi connectivity index (χ0n) is 17.0. The first kappa shape index (κ1) is 20.0. The number of methoxy groups -OCH3 is 2. The van der Waals surface area contributed by atoms with Gasteiger partial charge in [0.1, 0.15) is 11.5 Å². The zero-order valence-corrected chi connectivity index (χ0v) is 17.0. The number of piperidine rings is 2. The number of carbonyl (C=O) groups is 1. The van der Waals surface area contributed by atoms with Crippen molar-refractivity contribution in [1.29, 1.82) is 0 Å². The molecule has 3 N–H and O–H groups in total. The second-order valence-corrected chi connectivity index (χ2v) is 7.93. The van der Waals surface area contributed by atoms with Crippen LogP contribution in [0.4, 0.5) is 5.69 Å². The Morgan fingerprint density at radius 2 is 1.78 bits per heavy atom. The van der Waals surface area contributed by atoms with Crippen molar-refractivity contribution in [3.05, 3.63) is 18.2 Å². The van der Waals surface area contributed by atoms with E-state index in [-0.39, 0.29) is 11.9 Å². The Morgan fingerprint density at radius 3 is 2.41 bits per heavy atom. The van der Waals surface area contributed by atoms with Crippen LogP contribution in [0.5, 0.6) is 11.5 Å². The number of carbonyl (C=O) groups excluding carboxylic acids is 1. The van der Waals surface area contributed by atoms with E-state index < -0.39 is 0 Å². The van der Waals surface area contributed by atoms with Crippen molar-refractivity contribution < 1.29 is 24.1 Å². The maximum Gasteiger partial charge on any atom is 0.282 e. The van der Waals surface area contributed by atoms with Gasteiger partial charge in [0, 0.05) is 18.9 Å². The highest BCUT2D eigenvalue weighted by molar-refractivity contribution is 5.95. The molecule has 2 aliphatic rings. The minimum atomic E-state index is -0.0711. The van der Waals surface area contributed by atoms with Gasteiger partial charge in [-0.1, -0.05) is 0 Å². The van der Waals surface area contributed by atoms with Gasteiger partial charge in [-0.2, -0.15) is 0 Å². The second-order valence-electron chi connectivity index (χ2n) is 7.93. The fourth-order valence-electron chi connectivity index (χ4n) is 4.58. The average molecular weight is 378 g/mol. The molecule has 150 valence electrons. The number of hydrogen-bond donors (Lipinski definition) is 3. The van der Waals surface area contributed by atoms with Crippen molar-refractivity contribution in [2.45, 2.75) is 51.1 Å². The van der Waals surface area contributed by atoms with E-state index in [2.05, 4.69) is 5.32 Å². The van der Waals surface area contributed by atoms with E-state index in [0.717, 1.165) is 19.1 Å². The van der Waals surface area contributed by atoms with E-state index in [1.54, 1.807) is 19.1 Å². The second kappa shape index (κ2) is 9.42. The van der Waals surface area contributed by atoms with E-state index in [1.165, 1.54) is 50.1 Å². The third-order valence-electron chi connectivity index (χ3n) is 6.37. The largest absolute Gasteiger partial charge is 0.497 e. The van der Waals surface area contributed by atoms with Crippen LogP contribution in [0.3, 0.4) is 0 Å². The van der Waals surface area contributed by atoms with Gasteiger partial charge in [0.05, 0.1) is 52.1 Å². The molecular formula is C21H35N3O3+2. The number of likely N-dealkylation sites (tertiary alicyclic amines) is 2. The van der Waals surface area contributed by atoms with Crippen molar-refractivity contribution in [3.8, 4) is 11.5 Å². The van der Waals surface area contributed by atoms with Crippen molar-refractivity contribution in [2.24, 2.45) is 0 Å². The third-order valence-corrected chi connectivity index (χ3v) is 6.37. The lowest BCUT2D eigenvalue weighted by Gasteiger charge is -2.37. The van der Waals surface area contributed by atoms with Gasteiger partial charge in [0.25, 0.3) is 5.91 Å². The summed E-state index contributed by atoms with van der Waals surface area (Å²) in [6, 6.07) is 6.18. The molecule has 0 radical (unpaired) electrons. The van der Waals surface area contributed by atoms with Crippen LogP contribution in [0, 0.1) is 0 Å². The van der Waals surface area contributed by atoms with Crippen molar-refractivity contribution in [2.75, 3.05) is 45.7 Å². The summed E-state index contributed by atoms with van der Waals surface area (Å²) in [5, 5.41) is 3.04. The van der Waals surface area contributed by atoms with Crippen LogP contribution >= 0.6 is 0 Å². The number of amides is 1. The molecule has 0 bridgehead atoms. The van der Waals surface area contributed by atoms with Crippen molar-refractivity contribution in [3.63, 3.8) is 0 Å². The molecule has 2 saturated heterocycles. The SMILES string of the molecule is COc1ccc(OC)c(NC(=O)[C@H](C)[NH+]2CCC([NH+]3CCCCC3)CC2)c1. The fraction of sp³-hybridized carbons (Fsp3) is 0.667. The summed E-state index contributed by atoms with van der Waals surface area (Å²) >= 11 is 0. The number of ether oxygens (including phenoxy) is 2. The van der Waals surface area contributed by atoms with E-state index in [9.17, 15) is 4.79 Å². The molecule has 0 aliphatic carbocycles. The highest BCUT2D eigenvalue weighted by Crippen LogP contribution is 2.28. The average Bonchev–Trinajstić information content (AvgIpc) is 2.73. The van der Waals surface area contributed by atoms with Gasteiger partial charge in [-0.25, -0.2) is 0 Å². The van der Waals surface area contributed by atoms with Crippen LogP contribution in [-0.2, 0) is 4.79 Å². The summed E-state index contributed by atoms with van der Waals surface area (Å²) in [5.41, 5.74) is 0.667. The molecule has 2 heterocycles. The number of benzene rings is 1. The molecule has 1 aromatic rings. The Balaban J connectivity index is 1.55. The first-order valence-corrected chi connectivity index (χ1v) is 10.3. The molecular weight excluding hydrogens is 342 g/mol. The van der Waals surface area contributed by atoms with Gasteiger partial charge in [-0.3, -0.25) is 4.79 Å². The van der Waals surface area contributed by atoms with E-state index in [0.29, 0.717) is 17.2 Å². The van der Waals surface area contributed by atoms with Gasteiger partial charge in [0.15, 0.2) is 6.04 Å². The summed E-state index contributed by atoms with van der Waals surface area (Å²) in [6.07, 6.45) is 6.61. The highest BCUT2D eigenvalue weighted by Gasteiger charge is 2.35. The van der Waals surface area contributed by atoms with Crippen LogP contribution in [0.15, 0.2) is 18.2 Å². The summed E-state index contributed by atoms with van der Waals surface area (Å²) in [6.45, 7) is 6.87. The molecule has 0 spiro atoms. The number of nitrogens with one attached hydrogen (secondary N) is 3. The summed E-state index contributed by atoms with van der Waals surface area (Å²) < 4.78 is 10.6. The smallest absolute Gasteiger partial charge is 0.282 e. The number of quaternary nitrogens is 2. The van der Waals surface area contributed by atoms with Gasteiger partial charge in [-0.15, -0.1) is 0 Å². The highest BCUT2D eigenvalue weighted by atomic mass is 16.5. The van der Waals surface area contributed by atoms with Gasteiger partial charge >= 0.3 is 0 Å². The number of hydrogen-bond acceptors (Lipinski definition) is 3. The molecule has 6 nitrogen and oxygen atoms in total. The Kier molecular flexibility index (Phi) is 6.96. The van der Waals surface area contributed by atoms with Gasteiger partial charge < -0.3 is 24.6 Å². The lowest BCUT2D eigenvalue weighted by molar-refractivity contribution is -0.965. The maximum atomic E-state index is 12.8. The quantitative estimate of drug-likeness (QED) is 0.661. The molecule has 0 saturated carbocycles. The molecule has 1 aromatic carbocycles. The third kappa shape index (κ3) is 4.93. The molecule has 2 aliphatic heterocycles. The minimum Gasteiger partial charge on any atom is -0.497 e. The Bertz CT molecular complexity index is 623. The molecule has 0 aromatic heterocycles. The van der Waals surface area contributed by atoms with Crippen LogP contribution in [0.25, 0.3) is 0 Å². The van der Waals surface area contributed by atoms with Gasteiger partial charge in [-0.05, 0) is 38.3 Å². The predicted molar refractivity (Wildman–Crippen MR) is 106 cm³/mol. The number of anilines is 1. The normalized spacial score (nSPS) is 24.9.